The Hall–Kier alpha value is -11.0. The van der Waals surface area contributed by atoms with Gasteiger partial charge in [-0.15, -0.1) is 0 Å². The zero-order chi connectivity index (χ0) is 56.0. The van der Waals surface area contributed by atoms with Gasteiger partial charge in [-0.1, -0.05) is 224 Å². The molecular formula is C78H52B2N4O. The fourth-order valence-electron chi connectivity index (χ4n) is 14.1. The van der Waals surface area contributed by atoms with Gasteiger partial charge in [0.15, 0.2) is 0 Å². The number of fused-ring (bicyclic) bond motifs is 8. The molecule has 0 bridgehead atoms. The third-order valence-corrected chi connectivity index (χ3v) is 17.6. The molecule has 85 heavy (non-hydrogen) atoms. The molecule has 17 rings (SSSR count). The molecule has 0 spiro atoms. The Balaban J connectivity index is 0.968. The molecule has 13 aromatic rings. The first kappa shape index (κ1) is 48.7. The second-order valence-corrected chi connectivity index (χ2v) is 22.3. The van der Waals surface area contributed by atoms with Crippen LogP contribution in [0, 0.1) is 0 Å². The molecule has 13 aromatic carbocycles. The summed E-state index contributed by atoms with van der Waals surface area (Å²) in [5, 5.41) is 0. The normalized spacial score (nSPS) is 12.9. The zero-order valence-corrected chi connectivity index (χ0v) is 46.4. The average molecular weight is 1080 g/mol. The van der Waals surface area contributed by atoms with E-state index in [0.29, 0.717) is 0 Å². The van der Waals surface area contributed by atoms with Gasteiger partial charge >= 0.3 is 0 Å². The van der Waals surface area contributed by atoms with Crippen molar-refractivity contribution >= 4 is 114 Å². The molecule has 0 aliphatic carbocycles. The molecule has 0 radical (unpaired) electrons. The molecule has 396 valence electrons. The number of rotatable bonds is 9. The third-order valence-electron chi connectivity index (χ3n) is 17.6. The van der Waals surface area contributed by atoms with Gasteiger partial charge in [-0.2, -0.15) is 0 Å². The highest BCUT2D eigenvalue weighted by Gasteiger charge is 2.48. The lowest BCUT2D eigenvalue weighted by molar-refractivity contribution is 0.488. The van der Waals surface area contributed by atoms with Gasteiger partial charge in [-0.25, -0.2) is 0 Å². The van der Waals surface area contributed by atoms with Crippen LogP contribution >= 0.6 is 0 Å². The standard InChI is InChI=1S/C78H52B2N4O/c1-7-27-53(28-8-1)56-47-72-77-73(48-56)84(68-44-24-20-40-62(68)55-31-11-3-12-32-55)71-52-75-66(51-65(71)79(77)64-42-22-26-46-70(64)83(72)67-43-23-19-39-61(67)54-29-9-2-10-30-54)80-63-41-21-25-45-69(63)82(59-37-17-6-18-38-59)74-49-60(50-76(85-75)78(74)80)81(57-33-13-4-14-34-57)58-35-15-5-16-36-58/h1-52H. The van der Waals surface area contributed by atoms with E-state index in [4.69, 9.17) is 4.74 Å². The van der Waals surface area contributed by atoms with Crippen molar-refractivity contribution in [1.82, 2.24) is 0 Å². The minimum atomic E-state index is -0.175. The zero-order valence-electron chi connectivity index (χ0n) is 46.4. The summed E-state index contributed by atoms with van der Waals surface area (Å²) in [4.78, 5) is 9.92. The summed E-state index contributed by atoms with van der Waals surface area (Å²) < 4.78 is 7.75. The fourth-order valence-corrected chi connectivity index (χ4v) is 14.1. The van der Waals surface area contributed by atoms with Crippen LogP contribution < -0.4 is 57.1 Å². The maximum atomic E-state index is 7.75. The summed E-state index contributed by atoms with van der Waals surface area (Å²) in [7, 11) is 0. The summed E-state index contributed by atoms with van der Waals surface area (Å²) in [6.45, 7) is -0.342. The molecule has 0 atom stereocenters. The molecule has 4 aliphatic rings. The van der Waals surface area contributed by atoms with Crippen LogP contribution in [0.25, 0.3) is 33.4 Å². The van der Waals surface area contributed by atoms with Gasteiger partial charge in [0.1, 0.15) is 11.5 Å². The monoisotopic (exact) mass is 1080 g/mol. The number of anilines is 12. The molecule has 0 amide bonds. The van der Waals surface area contributed by atoms with Crippen LogP contribution in [0.4, 0.5) is 68.2 Å². The Kier molecular flexibility index (Phi) is 11.4. The number of nitrogens with zero attached hydrogens (tertiary/aromatic N) is 4. The van der Waals surface area contributed by atoms with Gasteiger partial charge < -0.3 is 24.3 Å². The minimum Gasteiger partial charge on any atom is -0.458 e. The van der Waals surface area contributed by atoms with E-state index in [9.17, 15) is 0 Å². The number of hydrogen-bond donors (Lipinski definition) is 0. The number of para-hydroxylation sites is 7. The summed E-state index contributed by atoms with van der Waals surface area (Å²) in [5.41, 5.74) is 27.2. The van der Waals surface area contributed by atoms with Crippen molar-refractivity contribution in [3.05, 3.63) is 315 Å². The smallest absolute Gasteiger partial charge is 0.256 e. The second kappa shape index (κ2) is 19.9. The highest BCUT2D eigenvalue weighted by atomic mass is 16.5. The molecule has 4 heterocycles. The van der Waals surface area contributed by atoms with E-state index in [0.717, 1.165) is 118 Å². The van der Waals surface area contributed by atoms with Crippen molar-refractivity contribution in [1.29, 1.82) is 0 Å². The number of ether oxygens (including phenoxy) is 1. The molecule has 0 unspecified atom stereocenters. The maximum Gasteiger partial charge on any atom is 0.256 e. The second-order valence-electron chi connectivity index (χ2n) is 22.3. The predicted molar refractivity (Wildman–Crippen MR) is 357 cm³/mol. The van der Waals surface area contributed by atoms with Crippen LogP contribution in [0.1, 0.15) is 0 Å². The highest BCUT2D eigenvalue weighted by Crippen LogP contribution is 2.52. The van der Waals surface area contributed by atoms with Crippen LogP contribution in [-0.4, -0.2) is 13.4 Å². The van der Waals surface area contributed by atoms with E-state index in [1.54, 1.807) is 0 Å². The number of hydrogen-bond acceptors (Lipinski definition) is 5. The minimum absolute atomic E-state index is 0.167. The van der Waals surface area contributed by atoms with Crippen molar-refractivity contribution < 1.29 is 4.74 Å². The molecule has 0 saturated carbocycles. The highest BCUT2D eigenvalue weighted by molar-refractivity contribution is 7.02. The first-order valence-corrected chi connectivity index (χ1v) is 29.3. The summed E-state index contributed by atoms with van der Waals surface area (Å²) in [6.07, 6.45) is 0. The number of benzene rings is 13. The Morgan fingerprint density at radius 3 is 1.22 bits per heavy atom. The first-order chi connectivity index (χ1) is 42.2. The van der Waals surface area contributed by atoms with E-state index < -0.39 is 0 Å². The van der Waals surface area contributed by atoms with E-state index in [-0.39, 0.29) is 13.4 Å². The average Bonchev–Trinajstić information content (AvgIpc) is 1.94. The van der Waals surface area contributed by atoms with E-state index in [2.05, 4.69) is 335 Å². The fraction of sp³-hybridized carbons (Fsp3) is 0. The Morgan fingerprint density at radius 2 is 0.671 bits per heavy atom. The lowest BCUT2D eigenvalue weighted by Gasteiger charge is -2.46. The lowest BCUT2D eigenvalue weighted by atomic mass is 9.30. The van der Waals surface area contributed by atoms with Crippen molar-refractivity contribution in [2.24, 2.45) is 0 Å². The summed E-state index contributed by atoms with van der Waals surface area (Å²) in [5.74, 6) is 1.66. The van der Waals surface area contributed by atoms with Crippen LogP contribution in [-0.2, 0) is 0 Å². The van der Waals surface area contributed by atoms with Crippen LogP contribution in [0.2, 0.25) is 0 Å². The third kappa shape index (κ3) is 7.81. The largest absolute Gasteiger partial charge is 0.458 e. The Bertz CT molecular complexity index is 4680. The van der Waals surface area contributed by atoms with Gasteiger partial charge in [0.05, 0.1) is 17.1 Å². The van der Waals surface area contributed by atoms with Gasteiger partial charge in [0.2, 0.25) is 0 Å². The summed E-state index contributed by atoms with van der Waals surface area (Å²) in [6, 6.07) is 115. The molecule has 0 N–H and O–H groups in total. The first-order valence-electron chi connectivity index (χ1n) is 29.3. The van der Waals surface area contributed by atoms with Crippen molar-refractivity contribution in [3.8, 4) is 44.9 Å². The van der Waals surface area contributed by atoms with Crippen molar-refractivity contribution in [2.45, 2.75) is 0 Å². The van der Waals surface area contributed by atoms with Crippen molar-refractivity contribution in [2.75, 3.05) is 19.6 Å². The Morgan fingerprint density at radius 1 is 0.247 bits per heavy atom. The van der Waals surface area contributed by atoms with E-state index in [1.807, 2.05) is 0 Å². The molecule has 0 saturated heterocycles. The van der Waals surface area contributed by atoms with Gasteiger partial charge in [-0.3, -0.25) is 0 Å². The van der Waals surface area contributed by atoms with Gasteiger partial charge in [0.25, 0.3) is 13.4 Å². The predicted octanol–water partition coefficient (Wildman–Crippen LogP) is 16.6. The van der Waals surface area contributed by atoms with Gasteiger partial charge in [0, 0.05) is 74.4 Å². The lowest BCUT2D eigenvalue weighted by Crippen LogP contribution is -2.64. The maximum absolute atomic E-state index is 7.75. The molecule has 5 nitrogen and oxygen atoms in total. The van der Waals surface area contributed by atoms with Crippen LogP contribution in [0.15, 0.2) is 315 Å². The topological polar surface area (TPSA) is 22.2 Å². The van der Waals surface area contributed by atoms with Gasteiger partial charge in [-0.05, 0) is 134 Å². The van der Waals surface area contributed by atoms with Crippen molar-refractivity contribution in [3.63, 3.8) is 0 Å². The molecule has 7 heteroatoms. The van der Waals surface area contributed by atoms with Crippen LogP contribution in [0.3, 0.4) is 0 Å². The quantitative estimate of drug-likeness (QED) is 0.134. The van der Waals surface area contributed by atoms with Crippen LogP contribution in [0.5, 0.6) is 11.5 Å². The van der Waals surface area contributed by atoms with E-state index in [1.165, 1.54) is 27.4 Å². The molecular weight excluding hydrogens is 1030 g/mol. The molecule has 4 aliphatic heterocycles. The summed E-state index contributed by atoms with van der Waals surface area (Å²) >= 11 is 0. The Labute approximate surface area is 496 Å². The SMILES string of the molecule is c1ccc(-c2cc3c4c(c2)N(c2ccccc2-c2ccccc2)c2cc5c(cc2B4c2ccccc2N3c2ccccc2-c2ccccc2)B2c3ccccc3N(c3ccccc3)c3cc(N(c4ccccc4)c4ccccc4)cc(c32)O5)cc1. The molecule has 0 aromatic heterocycles. The van der Waals surface area contributed by atoms with E-state index >= 15 is 0 Å². The molecule has 0 fully saturated rings.